The zero-order valence-electron chi connectivity index (χ0n) is 7.71. The molecule has 2 rings (SSSR count). The van der Waals surface area contributed by atoms with Gasteiger partial charge in [0.05, 0.1) is 0 Å². The number of nitrogens with zero attached hydrogens (tertiary/aromatic N) is 2. The van der Waals surface area contributed by atoms with Gasteiger partial charge >= 0.3 is 0 Å². The van der Waals surface area contributed by atoms with E-state index in [-0.39, 0.29) is 5.78 Å². The van der Waals surface area contributed by atoms with Gasteiger partial charge in [0.25, 0.3) is 0 Å². The Morgan fingerprint density at radius 3 is 2.85 bits per heavy atom. The minimum absolute atomic E-state index is 0.0561. The monoisotopic (exact) mass is 176 g/mol. The van der Waals surface area contributed by atoms with Crippen LogP contribution in [0.5, 0.6) is 0 Å². The molecule has 1 aromatic heterocycles. The van der Waals surface area contributed by atoms with Gasteiger partial charge in [-0.1, -0.05) is 0 Å². The molecule has 0 amide bonds. The minimum atomic E-state index is 0.0561. The van der Waals surface area contributed by atoms with E-state index in [0.29, 0.717) is 5.69 Å². The van der Waals surface area contributed by atoms with Crippen molar-refractivity contribution in [3.8, 4) is 0 Å². The van der Waals surface area contributed by atoms with Crippen molar-refractivity contribution in [1.29, 1.82) is 0 Å². The Bertz CT molecular complexity index is 347. The van der Waals surface area contributed by atoms with E-state index >= 15 is 0 Å². The third-order valence-electron chi connectivity index (χ3n) is 2.46. The van der Waals surface area contributed by atoms with Crippen LogP contribution in [0.3, 0.4) is 0 Å². The van der Waals surface area contributed by atoms with E-state index in [1.54, 1.807) is 6.92 Å². The molecular weight excluding hydrogens is 164 g/mol. The van der Waals surface area contributed by atoms with Crippen LogP contribution in [-0.4, -0.2) is 15.8 Å². The average Bonchev–Trinajstić information content (AvgIpc) is 2.17. The lowest BCUT2D eigenvalue weighted by molar-refractivity contribution is 0.101. The molecule has 0 saturated heterocycles. The molecule has 68 valence electrons. The van der Waals surface area contributed by atoms with E-state index < -0.39 is 0 Å². The maximum Gasteiger partial charge on any atom is 0.178 e. The third-order valence-corrected chi connectivity index (χ3v) is 2.46. The summed E-state index contributed by atoms with van der Waals surface area (Å²) in [5, 5.41) is 0. The number of aryl methyl sites for hydroxylation is 1. The summed E-state index contributed by atoms with van der Waals surface area (Å²) in [7, 11) is 0. The molecular formula is C10H12N2O. The van der Waals surface area contributed by atoms with Crippen LogP contribution in [0.1, 0.15) is 41.5 Å². The molecule has 0 saturated carbocycles. The van der Waals surface area contributed by atoms with E-state index in [2.05, 4.69) is 9.97 Å². The Morgan fingerprint density at radius 2 is 2.08 bits per heavy atom. The van der Waals surface area contributed by atoms with Crippen molar-refractivity contribution in [2.24, 2.45) is 0 Å². The van der Waals surface area contributed by atoms with E-state index in [0.717, 1.165) is 30.5 Å². The SMILES string of the molecule is CC(=O)c1ncnc2c1CCCC2. The Morgan fingerprint density at radius 1 is 1.31 bits per heavy atom. The first-order chi connectivity index (χ1) is 6.29. The third kappa shape index (κ3) is 1.46. The average molecular weight is 176 g/mol. The van der Waals surface area contributed by atoms with Crippen LogP contribution < -0.4 is 0 Å². The predicted octanol–water partition coefficient (Wildman–Crippen LogP) is 1.56. The number of fused-ring (bicyclic) bond motifs is 1. The van der Waals surface area contributed by atoms with Crippen molar-refractivity contribution in [2.75, 3.05) is 0 Å². The van der Waals surface area contributed by atoms with Crippen molar-refractivity contribution >= 4 is 5.78 Å². The summed E-state index contributed by atoms with van der Waals surface area (Å²) in [6.07, 6.45) is 5.80. The largest absolute Gasteiger partial charge is 0.293 e. The molecule has 0 N–H and O–H groups in total. The van der Waals surface area contributed by atoms with E-state index in [9.17, 15) is 4.79 Å². The lowest BCUT2D eigenvalue weighted by Crippen LogP contribution is -2.12. The molecule has 0 bridgehead atoms. The van der Waals surface area contributed by atoms with E-state index in [1.165, 1.54) is 12.7 Å². The molecule has 0 unspecified atom stereocenters. The molecule has 3 nitrogen and oxygen atoms in total. The number of carbonyl (C=O) groups is 1. The summed E-state index contributed by atoms with van der Waals surface area (Å²) < 4.78 is 0. The van der Waals surface area contributed by atoms with Gasteiger partial charge < -0.3 is 0 Å². The first kappa shape index (κ1) is 8.35. The van der Waals surface area contributed by atoms with Gasteiger partial charge in [-0.05, 0) is 25.7 Å². The summed E-state index contributed by atoms with van der Waals surface area (Å²) >= 11 is 0. The second-order valence-electron chi connectivity index (χ2n) is 3.41. The fraction of sp³-hybridized carbons (Fsp3) is 0.500. The Labute approximate surface area is 77.2 Å². The maximum atomic E-state index is 11.2. The number of Topliss-reactive ketones (excluding diaryl/α,β-unsaturated/α-hetero) is 1. The number of aromatic nitrogens is 2. The normalized spacial score (nSPS) is 15.2. The zero-order chi connectivity index (χ0) is 9.26. The van der Waals surface area contributed by atoms with Crippen molar-refractivity contribution in [2.45, 2.75) is 32.6 Å². The molecule has 1 aromatic rings. The molecule has 0 fully saturated rings. The Balaban J connectivity index is 2.52. The summed E-state index contributed by atoms with van der Waals surface area (Å²) in [6.45, 7) is 1.57. The lowest BCUT2D eigenvalue weighted by atomic mass is 9.94. The summed E-state index contributed by atoms with van der Waals surface area (Å²) in [4.78, 5) is 19.5. The van der Waals surface area contributed by atoms with Crippen LogP contribution in [0.2, 0.25) is 0 Å². The molecule has 0 radical (unpaired) electrons. The van der Waals surface area contributed by atoms with Crippen LogP contribution in [-0.2, 0) is 12.8 Å². The lowest BCUT2D eigenvalue weighted by Gasteiger charge is -2.15. The molecule has 13 heavy (non-hydrogen) atoms. The number of rotatable bonds is 1. The molecule has 0 atom stereocenters. The van der Waals surface area contributed by atoms with Gasteiger partial charge in [0.2, 0.25) is 0 Å². The Kier molecular flexibility index (Phi) is 2.08. The van der Waals surface area contributed by atoms with Crippen molar-refractivity contribution < 1.29 is 4.79 Å². The van der Waals surface area contributed by atoms with Gasteiger partial charge in [-0.2, -0.15) is 0 Å². The fourth-order valence-corrected chi connectivity index (χ4v) is 1.82. The quantitative estimate of drug-likeness (QED) is 0.610. The second-order valence-corrected chi connectivity index (χ2v) is 3.41. The Hall–Kier alpha value is -1.25. The molecule has 1 heterocycles. The predicted molar refractivity (Wildman–Crippen MR) is 48.7 cm³/mol. The van der Waals surface area contributed by atoms with Gasteiger partial charge in [-0.25, -0.2) is 9.97 Å². The maximum absolute atomic E-state index is 11.2. The number of hydrogen-bond acceptors (Lipinski definition) is 3. The van der Waals surface area contributed by atoms with E-state index in [4.69, 9.17) is 0 Å². The fourth-order valence-electron chi connectivity index (χ4n) is 1.82. The van der Waals surface area contributed by atoms with Crippen LogP contribution in [0.4, 0.5) is 0 Å². The van der Waals surface area contributed by atoms with Gasteiger partial charge in [0.1, 0.15) is 12.0 Å². The summed E-state index contributed by atoms with van der Waals surface area (Å²) in [5.41, 5.74) is 2.79. The zero-order valence-corrected chi connectivity index (χ0v) is 7.71. The first-order valence-electron chi connectivity index (χ1n) is 4.62. The van der Waals surface area contributed by atoms with Crippen molar-refractivity contribution in [3.63, 3.8) is 0 Å². The topological polar surface area (TPSA) is 42.9 Å². The van der Waals surface area contributed by atoms with Crippen molar-refractivity contribution in [1.82, 2.24) is 9.97 Å². The number of ketones is 1. The van der Waals surface area contributed by atoms with Crippen LogP contribution in [0.15, 0.2) is 6.33 Å². The standard InChI is InChI=1S/C10H12N2O/c1-7(13)10-8-4-2-3-5-9(8)11-6-12-10/h6H,2-5H2,1H3. The highest BCUT2D eigenvalue weighted by Gasteiger charge is 2.17. The number of carbonyl (C=O) groups excluding carboxylic acids is 1. The molecule has 0 spiro atoms. The van der Waals surface area contributed by atoms with Gasteiger partial charge in [0, 0.05) is 18.2 Å². The molecule has 1 aliphatic carbocycles. The summed E-state index contributed by atoms with van der Waals surface area (Å²) in [5.74, 6) is 0.0561. The van der Waals surface area contributed by atoms with E-state index in [1.807, 2.05) is 0 Å². The first-order valence-corrected chi connectivity index (χ1v) is 4.62. The molecule has 0 aromatic carbocycles. The van der Waals surface area contributed by atoms with Crippen LogP contribution in [0.25, 0.3) is 0 Å². The number of hydrogen-bond donors (Lipinski definition) is 0. The summed E-state index contributed by atoms with van der Waals surface area (Å²) in [6, 6.07) is 0. The highest BCUT2D eigenvalue weighted by Crippen LogP contribution is 2.21. The minimum Gasteiger partial charge on any atom is -0.293 e. The highest BCUT2D eigenvalue weighted by molar-refractivity contribution is 5.93. The van der Waals surface area contributed by atoms with Gasteiger partial charge in [-0.15, -0.1) is 0 Å². The molecule has 1 aliphatic rings. The van der Waals surface area contributed by atoms with Crippen LogP contribution in [0, 0.1) is 0 Å². The molecule has 0 aliphatic heterocycles. The van der Waals surface area contributed by atoms with Crippen molar-refractivity contribution in [3.05, 3.63) is 23.3 Å². The smallest absolute Gasteiger partial charge is 0.178 e. The second kappa shape index (κ2) is 3.24. The highest BCUT2D eigenvalue weighted by atomic mass is 16.1. The van der Waals surface area contributed by atoms with Gasteiger partial charge in [-0.3, -0.25) is 4.79 Å². The molecule has 3 heteroatoms. The van der Waals surface area contributed by atoms with Crippen LogP contribution >= 0.6 is 0 Å². The van der Waals surface area contributed by atoms with Gasteiger partial charge in [0.15, 0.2) is 5.78 Å².